The third-order valence-corrected chi connectivity index (χ3v) is 7.29. The lowest BCUT2D eigenvalue weighted by Crippen LogP contribution is -2.10. The lowest BCUT2D eigenvalue weighted by Gasteiger charge is -2.13. The second kappa shape index (κ2) is 7.75. The number of fused-ring (bicyclic) bond motifs is 7. The predicted molar refractivity (Wildman–Crippen MR) is 137 cm³/mol. The van der Waals surface area contributed by atoms with Gasteiger partial charge in [-0.1, -0.05) is 35.9 Å². The Balaban J connectivity index is 1.81. The number of benzene rings is 2. The SMILES string of the molecule is CCOC(=O)c1c(C)nc2sc3c(nc(C)n4c5ccccc5nc34)c2c1-c1ccc(Cl)cc1. The van der Waals surface area contributed by atoms with Crippen LogP contribution in [-0.4, -0.2) is 31.9 Å². The number of carbonyl (C=O) groups is 1. The van der Waals surface area contributed by atoms with E-state index in [0.29, 0.717) is 16.3 Å². The molecule has 0 bridgehead atoms. The van der Waals surface area contributed by atoms with Crippen molar-refractivity contribution in [2.75, 3.05) is 6.61 Å². The minimum atomic E-state index is -0.400. The number of esters is 1. The maximum Gasteiger partial charge on any atom is 0.340 e. The fourth-order valence-corrected chi connectivity index (χ4v) is 5.84. The molecular formula is C26H19ClN4O2S. The summed E-state index contributed by atoms with van der Waals surface area (Å²) < 4.78 is 8.44. The van der Waals surface area contributed by atoms with E-state index in [0.717, 1.165) is 54.1 Å². The number of ether oxygens (including phenoxy) is 1. The van der Waals surface area contributed by atoms with E-state index in [9.17, 15) is 4.79 Å². The number of rotatable bonds is 3. The van der Waals surface area contributed by atoms with Crippen molar-refractivity contribution in [2.24, 2.45) is 0 Å². The predicted octanol–water partition coefficient (Wildman–Crippen LogP) is 6.76. The quantitative estimate of drug-likeness (QED) is 0.258. The van der Waals surface area contributed by atoms with Crippen LogP contribution in [0.4, 0.5) is 0 Å². The lowest BCUT2D eigenvalue weighted by molar-refractivity contribution is 0.0526. The summed E-state index contributed by atoms with van der Waals surface area (Å²) in [4.78, 5) is 28.7. The molecule has 0 N–H and O–H groups in total. The number of nitrogens with zero attached hydrogens (tertiary/aromatic N) is 4. The summed E-state index contributed by atoms with van der Waals surface area (Å²) >= 11 is 7.71. The maximum atomic E-state index is 13.1. The summed E-state index contributed by atoms with van der Waals surface area (Å²) in [6.45, 7) is 5.89. The third-order valence-electron chi connectivity index (χ3n) is 5.97. The number of hydrogen-bond donors (Lipinski definition) is 0. The van der Waals surface area contributed by atoms with Crippen LogP contribution < -0.4 is 0 Å². The van der Waals surface area contributed by atoms with E-state index in [1.807, 2.05) is 62.4 Å². The van der Waals surface area contributed by atoms with Gasteiger partial charge in [-0.25, -0.2) is 19.7 Å². The van der Waals surface area contributed by atoms with Crippen molar-refractivity contribution in [2.45, 2.75) is 20.8 Å². The van der Waals surface area contributed by atoms with Crippen molar-refractivity contribution < 1.29 is 9.53 Å². The van der Waals surface area contributed by atoms with Crippen molar-refractivity contribution in [3.05, 3.63) is 70.6 Å². The van der Waals surface area contributed by atoms with Crippen molar-refractivity contribution in [1.82, 2.24) is 19.4 Å². The van der Waals surface area contributed by atoms with Crippen LogP contribution in [0.25, 0.3) is 48.2 Å². The highest BCUT2D eigenvalue weighted by atomic mass is 35.5. The van der Waals surface area contributed by atoms with E-state index in [-0.39, 0.29) is 6.61 Å². The first-order chi connectivity index (χ1) is 16.5. The highest BCUT2D eigenvalue weighted by molar-refractivity contribution is 7.26. The summed E-state index contributed by atoms with van der Waals surface area (Å²) in [6.07, 6.45) is 0. The Hall–Kier alpha value is -3.55. The number of para-hydroxylation sites is 2. The first kappa shape index (κ1) is 21.0. The molecular weight excluding hydrogens is 468 g/mol. The molecule has 0 radical (unpaired) electrons. The largest absolute Gasteiger partial charge is 0.462 e. The van der Waals surface area contributed by atoms with Crippen molar-refractivity contribution >= 4 is 66.0 Å². The van der Waals surface area contributed by atoms with Gasteiger partial charge in [0.1, 0.15) is 10.7 Å². The number of aryl methyl sites for hydroxylation is 2. The smallest absolute Gasteiger partial charge is 0.340 e. The first-order valence-corrected chi connectivity index (χ1v) is 12.1. The van der Waals surface area contributed by atoms with E-state index in [1.165, 1.54) is 11.3 Å². The van der Waals surface area contributed by atoms with Crippen molar-refractivity contribution in [3.8, 4) is 11.1 Å². The molecule has 34 heavy (non-hydrogen) atoms. The molecule has 0 amide bonds. The number of pyridine rings is 1. The van der Waals surface area contributed by atoms with E-state index in [1.54, 1.807) is 6.92 Å². The Morgan fingerprint density at radius 3 is 2.59 bits per heavy atom. The molecule has 0 atom stereocenters. The number of halogens is 1. The molecule has 0 aliphatic carbocycles. The molecule has 0 unspecified atom stereocenters. The summed E-state index contributed by atoms with van der Waals surface area (Å²) in [6, 6.07) is 15.5. The maximum absolute atomic E-state index is 13.1. The monoisotopic (exact) mass is 486 g/mol. The molecule has 4 aromatic heterocycles. The third kappa shape index (κ3) is 3.01. The molecule has 0 fully saturated rings. The Labute approximate surface area is 203 Å². The van der Waals surface area contributed by atoms with Crippen LogP contribution in [0.15, 0.2) is 48.5 Å². The van der Waals surface area contributed by atoms with Gasteiger partial charge in [0.15, 0.2) is 5.65 Å². The molecule has 6 rings (SSSR count). The summed E-state index contributed by atoms with van der Waals surface area (Å²) in [7, 11) is 0. The second-order valence-electron chi connectivity index (χ2n) is 8.05. The number of imidazole rings is 1. The Kier molecular flexibility index (Phi) is 4.79. The Bertz CT molecular complexity index is 1770. The molecule has 0 aliphatic heterocycles. The van der Waals surface area contributed by atoms with Gasteiger partial charge >= 0.3 is 5.97 Å². The van der Waals surface area contributed by atoms with Crippen LogP contribution in [0.5, 0.6) is 0 Å². The molecule has 168 valence electrons. The van der Waals surface area contributed by atoms with Gasteiger partial charge in [0.05, 0.1) is 39.1 Å². The zero-order valence-corrected chi connectivity index (χ0v) is 20.3. The van der Waals surface area contributed by atoms with Gasteiger partial charge in [-0.05, 0) is 50.6 Å². The van der Waals surface area contributed by atoms with Gasteiger partial charge in [-0.3, -0.25) is 4.40 Å². The molecule has 8 heteroatoms. The first-order valence-electron chi connectivity index (χ1n) is 10.9. The number of carbonyl (C=O) groups excluding carboxylic acids is 1. The van der Waals surface area contributed by atoms with Gasteiger partial charge < -0.3 is 4.74 Å². The van der Waals surface area contributed by atoms with Gasteiger partial charge in [-0.2, -0.15) is 0 Å². The van der Waals surface area contributed by atoms with E-state index in [2.05, 4.69) is 4.40 Å². The van der Waals surface area contributed by atoms with Crippen molar-refractivity contribution in [3.63, 3.8) is 0 Å². The average molecular weight is 487 g/mol. The highest BCUT2D eigenvalue weighted by Crippen LogP contribution is 2.43. The molecule has 0 saturated heterocycles. The van der Waals surface area contributed by atoms with Crippen LogP contribution in [-0.2, 0) is 4.74 Å². The molecule has 6 aromatic rings. The van der Waals surface area contributed by atoms with Crippen LogP contribution in [0.2, 0.25) is 5.02 Å². The average Bonchev–Trinajstić information content (AvgIpc) is 3.38. The van der Waals surface area contributed by atoms with E-state index in [4.69, 9.17) is 31.3 Å². The fraction of sp³-hybridized carbons (Fsp3) is 0.154. The summed E-state index contributed by atoms with van der Waals surface area (Å²) in [5.74, 6) is 0.416. The second-order valence-corrected chi connectivity index (χ2v) is 9.49. The minimum absolute atomic E-state index is 0.277. The zero-order chi connectivity index (χ0) is 23.6. The highest BCUT2D eigenvalue weighted by Gasteiger charge is 2.26. The molecule has 0 aliphatic rings. The van der Waals surface area contributed by atoms with Gasteiger partial charge in [0.2, 0.25) is 0 Å². The minimum Gasteiger partial charge on any atom is -0.462 e. The van der Waals surface area contributed by atoms with Crippen LogP contribution in [0.3, 0.4) is 0 Å². The standard InChI is InChI=1S/C26H19ClN4O2S/c1-4-33-26(32)19-13(2)28-25-21(20(19)15-9-11-16(27)12-10-15)22-23(34-25)24-30-17-7-5-6-8-18(17)31(24)14(3)29-22/h5-12H,4H2,1-3H3. The zero-order valence-electron chi connectivity index (χ0n) is 18.7. The molecule has 0 saturated carbocycles. The summed E-state index contributed by atoms with van der Waals surface area (Å²) in [5, 5.41) is 1.45. The van der Waals surface area contributed by atoms with Gasteiger partial charge in [0, 0.05) is 16.0 Å². The van der Waals surface area contributed by atoms with Gasteiger partial charge in [0.25, 0.3) is 0 Å². The number of thiophene rings is 1. The Morgan fingerprint density at radius 2 is 1.82 bits per heavy atom. The normalized spacial score (nSPS) is 11.8. The molecule has 6 nitrogen and oxygen atoms in total. The number of aromatic nitrogens is 4. The topological polar surface area (TPSA) is 69.4 Å². The summed E-state index contributed by atoms with van der Waals surface area (Å²) in [5.41, 5.74) is 6.22. The fourth-order valence-electron chi connectivity index (χ4n) is 4.56. The Morgan fingerprint density at radius 1 is 1.06 bits per heavy atom. The van der Waals surface area contributed by atoms with Gasteiger partial charge in [-0.15, -0.1) is 11.3 Å². The van der Waals surface area contributed by atoms with Crippen LogP contribution in [0.1, 0.15) is 28.8 Å². The van der Waals surface area contributed by atoms with Crippen LogP contribution in [0, 0.1) is 13.8 Å². The van der Waals surface area contributed by atoms with Crippen LogP contribution >= 0.6 is 22.9 Å². The lowest BCUT2D eigenvalue weighted by atomic mass is 9.95. The molecule has 2 aromatic carbocycles. The number of hydrogen-bond acceptors (Lipinski definition) is 6. The van der Waals surface area contributed by atoms with E-state index < -0.39 is 5.97 Å². The van der Waals surface area contributed by atoms with Crippen molar-refractivity contribution in [1.29, 1.82) is 0 Å². The molecule has 0 spiro atoms. The van der Waals surface area contributed by atoms with E-state index >= 15 is 0 Å². The molecule has 4 heterocycles.